The lowest BCUT2D eigenvalue weighted by Gasteiger charge is -2.15. The van der Waals surface area contributed by atoms with E-state index in [0.717, 1.165) is 46.1 Å². The van der Waals surface area contributed by atoms with E-state index in [2.05, 4.69) is 82.6 Å². The van der Waals surface area contributed by atoms with E-state index in [-0.39, 0.29) is 0 Å². The van der Waals surface area contributed by atoms with Crippen molar-refractivity contribution in [1.82, 2.24) is 14.5 Å². The predicted molar refractivity (Wildman–Crippen MR) is 129 cm³/mol. The number of hydrogen-bond acceptors (Lipinski definition) is 3. The first-order valence-electron chi connectivity index (χ1n) is 10.6. The molecule has 3 aromatic carbocycles. The van der Waals surface area contributed by atoms with Gasteiger partial charge in [-0.1, -0.05) is 42.5 Å². The predicted octanol–water partition coefficient (Wildman–Crippen LogP) is 6.84. The number of para-hydroxylation sites is 2. The molecule has 5 aromatic rings. The summed E-state index contributed by atoms with van der Waals surface area (Å²) in [4.78, 5) is 9.39. The van der Waals surface area contributed by atoms with Crippen molar-refractivity contribution in [2.45, 2.75) is 20.4 Å². The molecule has 0 unspecified atom stereocenters. The van der Waals surface area contributed by atoms with Crippen molar-refractivity contribution in [2.75, 3.05) is 5.32 Å². The first-order valence-corrected chi connectivity index (χ1v) is 10.6. The standard InChI is InChI=1S/C27H24N4/c1-3-31-16-15-21-17-20(13-14-26(21)31)24-18-28-19(2)29-27(24)23-11-7-8-12-25(23)30-22-9-5-4-6-10-22/h4-18,30H,3H2,1-2H3. The fourth-order valence-electron chi connectivity index (χ4n) is 4.01. The van der Waals surface area contributed by atoms with E-state index in [1.165, 1.54) is 10.9 Å². The molecule has 0 amide bonds. The Labute approximate surface area is 182 Å². The third kappa shape index (κ3) is 3.68. The van der Waals surface area contributed by atoms with E-state index in [1.54, 1.807) is 0 Å². The highest BCUT2D eigenvalue weighted by Crippen LogP contribution is 2.36. The van der Waals surface area contributed by atoms with Gasteiger partial charge < -0.3 is 9.88 Å². The summed E-state index contributed by atoms with van der Waals surface area (Å²) < 4.78 is 2.25. The number of rotatable bonds is 5. The maximum Gasteiger partial charge on any atom is 0.125 e. The van der Waals surface area contributed by atoms with Crippen molar-refractivity contribution in [3.05, 3.63) is 97.1 Å². The molecule has 0 saturated carbocycles. The Balaban J connectivity index is 1.64. The van der Waals surface area contributed by atoms with Gasteiger partial charge in [0.2, 0.25) is 0 Å². The number of nitrogens with one attached hydrogen (secondary N) is 1. The Bertz CT molecular complexity index is 1350. The van der Waals surface area contributed by atoms with Gasteiger partial charge in [0.05, 0.1) is 5.69 Å². The molecule has 31 heavy (non-hydrogen) atoms. The molecule has 0 aliphatic rings. The van der Waals surface area contributed by atoms with Gasteiger partial charge in [0.1, 0.15) is 5.82 Å². The van der Waals surface area contributed by atoms with Crippen molar-refractivity contribution in [3.63, 3.8) is 0 Å². The number of benzene rings is 3. The highest BCUT2D eigenvalue weighted by atomic mass is 14.9. The molecule has 0 aliphatic carbocycles. The van der Waals surface area contributed by atoms with Gasteiger partial charge in [-0.15, -0.1) is 0 Å². The summed E-state index contributed by atoms with van der Waals surface area (Å²) in [5, 5.41) is 4.77. The van der Waals surface area contributed by atoms with Crippen LogP contribution in [-0.4, -0.2) is 14.5 Å². The summed E-state index contributed by atoms with van der Waals surface area (Å²) in [5.74, 6) is 0.756. The molecule has 2 heterocycles. The van der Waals surface area contributed by atoms with Gasteiger partial charge in [0.15, 0.2) is 0 Å². The molecule has 5 rings (SSSR count). The van der Waals surface area contributed by atoms with E-state index in [9.17, 15) is 0 Å². The van der Waals surface area contributed by atoms with Crippen molar-refractivity contribution < 1.29 is 0 Å². The summed E-state index contributed by atoms with van der Waals surface area (Å²) >= 11 is 0. The fraction of sp³-hybridized carbons (Fsp3) is 0.111. The lowest BCUT2D eigenvalue weighted by Crippen LogP contribution is -1.99. The molecule has 0 fully saturated rings. The molecular formula is C27H24N4. The number of anilines is 2. The van der Waals surface area contributed by atoms with Crippen molar-refractivity contribution in [3.8, 4) is 22.4 Å². The molecular weight excluding hydrogens is 380 g/mol. The Morgan fingerprint density at radius 3 is 2.52 bits per heavy atom. The molecule has 0 saturated heterocycles. The van der Waals surface area contributed by atoms with E-state index < -0.39 is 0 Å². The Morgan fingerprint density at radius 1 is 0.871 bits per heavy atom. The molecule has 0 radical (unpaired) electrons. The molecule has 4 heteroatoms. The summed E-state index contributed by atoms with van der Waals surface area (Å²) in [7, 11) is 0. The van der Waals surface area contributed by atoms with Gasteiger partial charge in [-0.3, -0.25) is 0 Å². The minimum Gasteiger partial charge on any atom is -0.355 e. The summed E-state index contributed by atoms with van der Waals surface area (Å²) in [6.07, 6.45) is 4.08. The van der Waals surface area contributed by atoms with Crippen LogP contribution in [0.25, 0.3) is 33.3 Å². The van der Waals surface area contributed by atoms with E-state index in [1.807, 2.05) is 37.4 Å². The molecule has 4 nitrogen and oxygen atoms in total. The fourth-order valence-corrected chi connectivity index (χ4v) is 4.01. The third-order valence-electron chi connectivity index (χ3n) is 5.57. The highest BCUT2D eigenvalue weighted by Gasteiger charge is 2.15. The summed E-state index contributed by atoms with van der Waals surface area (Å²) in [6, 6.07) is 27.3. The van der Waals surface area contributed by atoms with Crippen LogP contribution in [0.4, 0.5) is 11.4 Å². The molecule has 152 valence electrons. The average Bonchev–Trinajstić information content (AvgIpc) is 3.22. The number of hydrogen-bond donors (Lipinski definition) is 1. The minimum atomic E-state index is 0.756. The van der Waals surface area contributed by atoms with E-state index in [4.69, 9.17) is 4.98 Å². The van der Waals surface area contributed by atoms with Gasteiger partial charge in [0.25, 0.3) is 0 Å². The summed E-state index contributed by atoms with van der Waals surface area (Å²) in [5.41, 5.74) is 7.44. The van der Waals surface area contributed by atoms with Gasteiger partial charge >= 0.3 is 0 Å². The number of aryl methyl sites for hydroxylation is 2. The molecule has 0 atom stereocenters. The molecule has 1 N–H and O–H groups in total. The quantitative estimate of drug-likeness (QED) is 0.349. The van der Waals surface area contributed by atoms with Gasteiger partial charge in [-0.2, -0.15) is 0 Å². The smallest absolute Gasteiger partial charge is 0.125 e. The van der Waals surface area contributed by atoms with Gasteiger partial charge in [-0.25, -0.2) is 9.97 Å². The first-order chi connectivity index (χ1) is 15.2. The Hall–Kier alpha value is -3.92. The molecule has 0 spiro atoms. The van der Waals surface area contributed by atoms with Crippen LogP contribution < -0.4 is 5.32 Å². The number of nitrogens with zero attached hydrogens (tertiary/aromatic N) is 3. The number of fused-ring (bicyclic) bond motifs is 1. The maximum absolute atomic E-state index is 4.87. The monoisotopic (exact) mass is 404 g/mol. The zero-order chi connectivity index (χ0) is 21.2. The molecule has 0 bridgehead atoms. The Morgan fingerprint density at radius 2 is 1.68 bits per heavy atom. The van der Waals surface area contributed by atoms with Crippen LogP contribution in [0.1, 0.15) is 12.7 Å². The Kier molecular flexibility index (Phi) is 4.97. The van der Waals surface area contributed by atoms with E-state index >= 15 is 0 Å². The van der Waals surface area contributed by atoms with Gasteiger partial charge in [-0.05, 0) is 55.8 Å². The summed E-state index contributed by atoms with van der Waals surface area (Å²) in [6.45, 7) is 5.06. The van der Waals surface area contributed by atoms with Crippen LogP contribution in [0.3, 0.4) is 0 Å². The van der Waals surface area contributed by atoms with Crippen molar-refractivity contribution >= 4 is 22.3 Å². The minimum absolute atomic E-state index is 0.756. The second-order valence-corrected chi connectivity index (χ2v) is 7.59. The zero-order valence-corrected chi connectivity index (χ0v) is 17.7. The topological polar surface area (TPSA) is 42.7 Å². The second-order valence-electron chi connectivity index (χ2n) is 7.59. The van der Waals surface area contributed by atoms with Gasteiger partial charge in [0, 0.05) is 52.3 Å². The lowest BCUT2D eigenvalue weighted by molar-refractivity contribution is 0.798. The first kappa shape index (κ1) is 19.1. The van der Waals surface area contributed by atoms with Crippen molar-refractivity contribution in [1.29, 1.82) is 0 Å². The zero-order valence-electron chi connectivity index (χ0n) is 17.7. The highest BCUT2D eigenvalue weighted by molar-refractivity contribution is 5.92. The van der Waals surface area contributed by atoms with Crippen LogP contribution in [0.15, 0.2) is 91.3 Å². The SMILES string of the molecule is CCn1ccc2cc(-c3cnc(C)nc3-c3ccccc3Nc3ccccc3)ccc21. The molecule has 2 aromatic heterocycles. The van der Waals surface area contributed by atoms with Crippen LogP contribution >= 0.6 is 0 Å². The van der Waals surface area contributed by atoms with Crippen LogP contribution in [0.2, 0.25) is 0 Å². The normalized spacial score (nSPS) is 11.0. The van der Waals surface area contributed by atoms with Crippen molar-refractivity contribution in [2.24, 2.45) is 0 Å². The van der Waals surface area contributed by atoms with Crippen LogP contribution in [0, 0.1) is 6.92 Å². The second kappa shape index (κ2) is 8.07. The molecule has 0 aliphatic heterocycles. The van der Waals surface area contributed by atoms with E-state index in [0.29, 0.717) is 0 Å². The van der Waals surface area contributed by atoms with Crippen LogP contribution in [0.5, 0.6) is 0 Å². The lowest BCUT2D eigenvalue weighted by atomic mass is 9.98. The average molecular weight is 405 g/mol. The maximum atomic E-state index is 4.87. The third-order valence-corrected chi connectivity index (χ3v) is 5.57. The largest absolute Gasteiger partial charge is 0.355 e. The van der Waals surface area contributed by atoms with Crippen LogP contribution in [-0.2, 0) is 6.54 Å². The number of aromatic nitrogens is 3.